The Morgan fingerprint density at radius 1 is 1.20 bits per heavy atom. The zero-order valence-corrected chi connectivity index (χ0v) is 14.4. The zero-order valence-electron chi connectivity index (χ0n) is 13.6. The second kappa shape index (κ2) is 5.49. The monoisotopic (exact) mass is 353 g/mol. The maximum absolute atomic E-state index is 10.9. The average Bonchev–Trinajstić information content (AvgIpc) is 2.92. The van der Waals surface area contributed by atoms with Crippen LogP contribution in [0.15, 0.2) is 48.1 Å². The summed E-state index contributed by atoms with van der Waals surface area (Å²) in [5.74, 6) is 1.18. The molecule has 5 rings (SSSR count). The standard InChI is InChI=1S/C19H19N3O2S/c23-9-13-16(12-4-2-1-3-5-12)19(13)10-22(8-15(19)24)18-17-14(6-7-25-17)20-11-21-18/h1-7,11,13,15-16,23-24H,8-10H2/t13-,15-,16-,19-/m1/s1. The molecule has 3 heterocycles. The van der Waals surface area contributed by atoms with Gasteiger partial charge >= 0.3 is 0 Å². The van der Waals surface area contributed by atoms with E-state index in [4.69, 9.17) is 0 Å². The topological polar surface area (TPSA) is 69.5 Å². The number of aromatic nitrogens is 2. The summed E-state index contributed by atoms with van der Waals surface area (Å²) in [5.41, 5.74) is 1.86. The Balaban J connectivity index is 1.51. The molecule has 0 radical (unpaired) electrons. The summed E-state index contributed by atoms with van der Waals surface area (Å²) in [4.78, 5) is 11.0. The molecule has 5 nitrogen and oxygen atoms in total. The van der Waals surface area contributed by atoms with E-state index in [1.807, 2.05) is 29.6 Å². The summed E-state index contributed by atoms with van der Waals surface area (Å²) < 4.78 is 1.06. The number of benzene rings is 1. The lowest BCUT2D eigenvalue weighted by Crippen LogP contribution is -2.23. The van der Waals surface area contributed by atoms with E-state index in [0.29, 0.717) is 13.1 Å². The molecule has 1 aliphatic carbocycles. The molecule has 25 heavy (non-hydrogen) atoms. The number of rotatable bonds is 3. The van der Waals surface area contributed by atoms with Crippen LogP contribution in [0.2, 0.25) is 0 Å². The molecule has 0 unspecified atom stereocenters. The van der Waals surface area contributed by atoms with Crippen molar-refractivity contribution >= 4 is 27.4 Å². The third kappa shape index (κ3) is 2.08. The van der Waals surface area contributed by atoms with Crippen molar-refractivity contribution in [2.24, 2.45) is 11.3 Å². The van der Waals surface area contributed by atoms with Crippen LogP contribution in [-0.4, -0.2) is 46.0 Å². The molecule has 2 fully saturated rings. The molecule has 3 aromatic rings. The van der Waals surface area contributed by atoms with Crippen molar-refractivity contribution in [2.75, 3.05) is 24.6 Å². The van der Waals surface area contributed by atoms with Gasteiger partial charge in [-0.15, -0.1) is 11.3 Å². The van der Waals surface area contributed by atoms with Crippen molar-refractivity contribution in [3.8, 4) is 0 Å². The molecule has 1 aliphatic heterocycles. The normalized spacial score (nSPS) is 31.1. The number of thiophene rings is 1. The van der Waals surface area contributed by atoms with Gasteiger partial charge in [0.15, 0.2) is 0 Å². The Hall–Kier alpha value is -2.02. The van der Waals surface area contributed by atoms with E-state index >= 15 is 0 Å². The van der Waals surface area contributed by atoms with Crippen LogP contribution >= 0.6 is 11.3 Å². The molecular weight excluding hydrogens is 334 g/mol. The van der Waals surface area contributed by atoms with E-state index < -0.39 is 6.10 Å². The molecule has 1 saturated carbocycles. The second-order valence-corrected chi connectivity index (χ2v) is 7.93. The van der Waals surface area contributed by atoms with Gasteiger partial charge in [-0.2, -0.15) is 0 Å². The first-order chi connectivity index (χ1) is 12.3. The van der Waals surface area contributed by atoms with Crippen molar-refractivity contribution in [1.29, 1.82) is 0 Å². The molecule has 6 heteroatoms. The lowest BCUT2D eigenvalue weighted by molar-refractivity contribution is 0.113. The van der Waals surface area contributed by atoms with E-state index in [1.165, 1.54) is 5.56 Å². The van der Waals surface area contributed by atoms with Crippen molar-refractivity contribution in [3.05, 3.63) is 53.7 Å². The first-order valence-electron chi connectivity index (χ1n) is 8.52. The lowest BCUT2D eigenvalue weighted by Gasteiger charge is -2.18. The Kier molecular flexibility index (Phi) is 3.35. The maximum Gasteiger partial charge on any atom is 0.150 e. The van der Waals surface area contributed by atoms with E-state index in [9.17, 15) is 10.2 Å². The third-order valence-corrected chi connectivity index (χ3v) is 6.82. The Labute approximate surface area is 149 Å². The molecule has 0 amide bonds. The van der Waals surface area contributed by atoms with Gasteiger partial charge in [0.25, 0.3) is 0 Å². The van der Waals surface area contributed by atoms with Crippen molar-refractivity contribution in [1.82, 2.24) is 9.97 Å². The van der Waals surface area contributed by atoms with Gasteiger partial charge in [0.2, 0.25) is 0 Å². The van der Waals surface area contributed by atoms with Gasteiger partial charge < -0.3 is 15.1 Å². The molecule has 1 saturated heterocycles. The Bertz CT molecular complexity index is 915. The third-order valence-electron chi connectivity index (χ3n) is 5.92. The van der Waals surface area contributed by atoms with Gasteiger partial charge in [-0.25, -0.2) is 9.97 Å². The SMILES string of the molecule is OC[C@@H]1[C@@H](c2ccccc2)[C@]12CN(c1ncnc3ccsc13)C[C@H]2O. The van der Waals surface area contributed by atoms with Crippen molar-refractivity contribution in [3.63, 3.8) is 0 Å². The highest BCUT2D eigenvalue weighted by Gasteiger charge is 2.71. The van der Waals surface area contributed by atoms with Crippen LogP contribution in [0.3, 0.4) is 0 Å². The van der Waals surface area contributed by atoms with E-state index in [1.54, 1.807) is 17.7 Å². The van der Waals surface area contributed by atoms with Crippen LogP contribution in [0.1, 0.15) is 11.5 Å². The molecule has 1 spiro atoms. The van der Waals surface area contributed by atoms with Crippen LogP contribution in [-0.2, 0) is 0 Å². The minimum atomic E-state index is -0.472. The summed E-state index contributed by atoms with van der Waals surface area (Å²) >= 11 is 1.63. The molecule has 4 atom stereocenters. The highest BCUT2D eigenvalue weighted by molar-refractivity contribution is 7.17. The number of aliphatic hydroxyl groups is 2. The average molecular weight is 353 g/mol. The minimum absolute atomic E-state index is 0.0931. The highest BCUT2D eigenvalue weighted by Crippen LogP contribution is 2.69. The molecule has 2 aliphatic rings. The van der Waals surface area contributed by atoms with Crippen LogP contribution in [0, 0.1) is 11.3 Å². The molecular formula is C19H19N3O2S. The van der Waals surface area contributed by atoms with Crippen molar-refractivity contribution in [2.45, 2.75) is 12.0 Å². The van der Waals surface area contributed by atoms with E-state index in [-0.39, 0.29) is 23.9 Å². The summed E-state index contributed by atoms with van der Waals surface area (Å²) in [7, 11) is 0. The number of nitrogens with zero attached hydrogens (tertiary/aromatic N) is 3. The lowest BCUT2D eigenvalue weighted by atomic mass is 9.95. The first-order valence-corrected chi connectivity index (χ1v) is 9.40. The van der Waals surface area contributed by atoms with Gasteiger partial charge in [0, 0.05) is 25.1 Å². The fourth-order valence-corrected chi connectivity index (χ4v) is 5.59. The fourth-order valence-electron chi connectivity index (χ4n) is 4.73. The summed E-state index contributed by atoms with van der Waals surface area (Å²) in [6.45, 7) is 1.36. The predicted octanol–water partition coefficient (Wildman–Crippen LogP) is 2.26. The number of aliphatic hydroxyl groups excluding tert-OH is 2. The number of hydrogen-bond acceptors (Lipinski definition) is 6. The molecule has 0 bridgehead atoms. The zero-order chi connectivity index (χ0) is 17.0. The predicted molar refractivity (Wildman–Crippen MR) is 97.8 cm³/mol. The second-order valence-electron chi connectivity index (χ2n) is 7.02. The van der Waals surface area contributed by atoms with E-state index in [0.717, 1.165) is 16.0 Å². The smallest absolute Gasteiger partial charge is 0.150 e. The first kappa shape index (κ1) is 15.3. The Morgan fingerprint density at radius 3 is 2.84 bits per heavy atom. The number of β-amino-alcohol motifs (C(OH)–C–C–N with tert-alkyl or cyclic N) is 1. The number of anilines is 1. The van der Waals surface area contributed by atoms with Gasteiger partial charge in [-0.05, 0) is 28.8 Å². The van der Waals surface area contributed by atoms with Gasteiger partial charge in [0.1, 0.15) is 12.1 Å². The number of fused-ring (bicyclic) bond motifs is 1. The minimum Gasteiger partial charge on any atom is -0.396 e. The van der Waals surface area contributed by atoms with Gasteiger partial charge in [-0.3, -0.25) is 0 Å². The van der Waals surface area contributed by atoms with Crippen LogP contribution in [0.25, 0.3) is 10.2 Å². The van der Waals surface area contributed by atoms with Crippen molar-refractivity contribution < 1.29 is 10.2 Å². The quantitative estimate of drug-likeness (QED) is 0.756. The summed E-state index contributed by atoms with van der Waals surface area (Å²) in [6, 6.07) is 12.2. The van der Waals surface area contributed by atoms with Gasteiger partial charge in [-0.1, -0.05) is 30.3 Å². The molecule has 1 aromatic carbocycles. The van der Waals surface area contributed by atoms with Crippen LogP contribution in [0.4, 0.5) is 5.82 Å². The highest BCUT2D eigenvalue weighted by atomic mass is 32.1. The largest absolute Gasteiger partial charge is 0.396 e. The molecule has 128 valence electrons. The molecule has 2 aromatic heterocycles. The van der Waals surface area contributed by atoms with E-state index in [2.05, 4.69) is 27.0 Å². The Morgan fingerprint density at radius 2 is 2.04 bits per heavy atom. The summed E-state index contributed by atoms with van der Waals surface area (Å²) in [5, 5.41) is 22.9. The van der Waals surface area contributed by atoms with Gasteiger partial charge in [0.05, 0.1) is 16.3 Å². The molecule has 2 N–H and O–H groups in total. The van der Waals surface area contributed by atoms with Crippen LogP contribution < -0.4 is 4.90 Å². The fraction of sp³-hybridized carbons (Fsp3) is 0.368. The van der Waals surface area contributed by atoms with Crippen LogP contribution in [0.5, 0.6) is 0 Å². The summed E-state index contributed by atoms with van der Waals surface area (Å²) in [6.07, 6.45) is 1.12. The number of hydrogen-bond donors (Lipinski definition) is 2. The maximum atomic E-state index is 10.9.